The average molecular weight is 415 g/mol. The Morgan fingerprint density at radius 1 is 1.00 bits per heavy atom. The van der Waals surface area contributed by atoms with Crippen LogP contribution in [0.5, 0.6) is 5.75 Å². The van der Waals surface area contributed by atoms with Gasteiger partial charge in [-0.15, -0.1) is 0 Å². The predicted molar refractivity (Wildman–Crippen MR) is 111 cm³/mol. The van der Waals surface area contributed by atoms with Crippen LogP contribution in [0.4, 0.5) is 14.5 Å². The van der Waals surface area contributed by atoms with Crippen molar-refractivity contribution < 1.29 is 18.6 Å². The van der Waals surface area contributed by atoms with Gasteiger partial charge in [-0.2, -0.15) is 0 Å². The molecule has 30 heavy (non-hydrogen) atoms. The fraction of sp³-hybridized carbons (Fsp3) is 0.318. The van der Waals surface area contributed by atoms with Crippen LogP contribution in [-0.2, 0) is 0 Å². The Morgan fingerprint density at radius 3 is 2.57 bits per heavy atom. The first-order valence-corrected chi connectivity index (χ1v) is 9.84. The van der Waals surface area contributed by atoms with E-state index >= 15 is 0 Å². The van der Waals surface area contributed by atoms with Crippen LogP contribution < -0.4 is 15.2 Å². The Morgan fingerprint density at radius 2 is 1.80 bits per heavy atom. The van der Waals surface area contributed by atoms with Crippen LogP contribution >= 0.6 is 0 Å². The van der Waals surface area contributed by atoms with E-state index in [2.05, 4.69) is 9.88 Å². The molecule has 0 aliphatic carbocycles. The lowest BCUT2D eigenvalue weighted by Gasteiger charge is -2.36. The van der Waals surface area contributed by atoms with Crippen molar-refractivity contribution in [3.63, 3.8) is 0 Å². The average Bonchev–Trinajstić information content (AvgIpc) is 2.75. The van der Waals surface area contributed by atoms with Crippen LogP contribution in [0.1, 0.15) is 0 Å². The number of rotatable bonds is 6. The number of hydrogen-bond acceptors (Lipinski definition) is 5. The van der Waals surface area contributed by atoms with E-state index in [1.54, 1.807) is 24.3 Å². The van der Waals surface area contributed by atoms with Crippen molar-refractivity contribution in [3.05, 3.63) is 70.5 Å². The Hall–Kier alpha value is -2.97. The van der Waals surface area contributed by atoms with Crippen LogP contribution in [0.15, 0.2) is 53.3 Å². The van der Waals surface area contributed by atoms with Crippen molar-refractivity contribution in [1.82, 2.24) is 9.88 Å². The molecule has 8 heteroatoms. The zero-order valence-corrected chi connectivity index (χ0v) is 16.4. The molecule has 0 amide bonds. The number of halogens is 2. The topological polar surface area (TPSA) is 68.8 Å². The molecule has 0 unspecified atom stereocenters. The Bertz CT molecular complexity index is 1080. The van der Waals surface area contributed by atoms with Gasteiger partial charge in [0, 0.05) is 61.4 Å². The number of aromatic amines is 1. The SMILES string of the molecule is O=c1ccc2cc(OC[C@@H](O)CN3CCN(c4ccc(F)c(F)c4)CC3)ccc2[nH]1. The molecule has 1 aliphatic rings. The number of β-amino-alcohol motifs (C(OH)–C–C–N with tert-alkyl or cyclic N) is 1. The number of benzene rings is 2. The van der Waals surface area contributed by atoms with Gasteiger partial charge >= 0.3 is 0 Å². The Kier molecular flexibility index (Phi) is 5.96. The third-order valence-corrected chi connectivity index (χ3v) is 5.25. The number of aliphatic hydroxyl groups is 1. The molecule has 0 radical (unpaired) electrons. The van der Waals surface area contributed by atoms with Crippen LogP contribution in [0.3, 0.4) is 0 Å². The number of nitrogens with zero attached hydrogens (tertiary/aromatic N) is 2. The number of piperazine rings is 1. The third kappa shape index (κ3) is 4.77. The summed E-state index contributed by atoms with van der Waals surface area (Å²) in [5.41, 5.74) is 1.24. The minimum absolute atomic E-state index is 0.151. The molecule has 1 saturated heterocycles. The first-order chi connectivity index (χ1) is 14.5. The highest BCUT2D eigenvalue weighted by Crippen LogP contribution is 2.20. The molecule has 0 spiro atoms. The van der Waals surface area contributed by atoms with Gasteiger partial charge in [-0.25, -0.2) is 8.78 Å². The number of H-pyrrole nitrogens is 1. The van der Waals surface area contributed by atoms with E-state index in [0.717, 1.165) is 17.0 Å². The van der Waals surface area contributed by atoms with Crippen molar-refractivity contribution in [3.8, 4) is 5.75 Å². The second-order valence-electron chi connectivity index (χ2n) is 7.42. The smallest absolute Gasteiger partial charge is 0.248 e. The van der Waals surface area contributed by atoms with Crippen LogP contribution in [0.2, 0.25) is 0 Å². The molecule has 1 fully saturated rings. The Labute approximate surface area is 172 Å². The molecule has 1 aliphatic heterocycles. The Balaban J connectivity index is 1.26. The second-order valence-corrected chi connectivity index (χ2v) is 7.42. The minimum atomic E-state index is -0.847. The lowest BCUT2D eigenvalue weighted by atomic mass is 10.2. The third-order valence-electron chi connectivity index (χ3n) is 5.25. The molecular weight excluding hydrogens is 392 g/mol. The van der Waals surface area contributed by atoms with Crippen molar-refractivity contribution >= 4 is 16.6 Å². The summed E-state index contributed by atoms with van der Waals surface area (Å²) >= 11 is 0. The van der Waals surface area contributed by atoms with Gasteiger partial charge in [0.25, 0.3) is 0 Å². The number of nitrogens with one attached hydrogen (secondary N) is 1. The summed E-state index contributed by atoms with van der Waals surface area (Å²) in [6, 6.07) is 12.5. The molecule has 2 aromatic carbocycles. The van der Waals surface area contributed by atoms with Gasteiger partial charge < -0.3 is 19.7 Å². The highest BCUT2D eigenvalue weighted by molar-refractivity contribution is 5.79. The van der Waals surface area contributed by atoms with E-state index in [9.17, 15) is 18.7 Å². The van der Waals surface area contributed by atoms with Gasteiger partial charge in [0.1, 0.15) is 18.5 Å². The number of hydrogen-bond donors (Lipinski definition) is 2. The number of aromatic nitrogens is 1. The number of anilines is 1. The fourth-order valence-electron chi connectivity index (χ4n) is 3.64. The summed E-state index contributed by atoms with van der Waals surface area (Å²) in [5.74, 6) is -1.07. The maximum absolute atomic E-state index is 13.4. The lowest BCUT2D eigenvalue weighted by molar-refractivity contribution is 0.0663. The van der Waals surface area contributed by atoms with Crippen molar-refractivity contribution in [1.29, 1.82) is 0 Å². The normalized spacial score (nSPS) is 16.0. The first kappa shape index (κ1) is 20.3. The zero-order valence-electron chi connectivity index (χ0n) is 16.4. The second kappa shape index (κ2) is 8.81. The molecule has 0 saturated carbocycles. The van der Waals surface area contributed by atoms with Gasteiger partial charge in [-0.3, -0.25) is 9.69 Å². The van der Waals surface area contributed by atoms with Crippen LogP contribution in [0.25, 0.3) is 10.9 Å². The van der Waals surface area contributed by atoms with Gasteiger partial charge in [-0.05, 0) is 36.4 Å². The van der Waals surface area contributed by atoms with E-state index < -0.39 is 17.7 Å². The standard InChI is InChI=1S/C22H23F2N3O3/c23-19-4-2-16(12-20(19)24)27-9-7-26(8-10-27)13-17(28)14-30-18-3-5-21-15(11-18)1-6-22(29)25-21/h1-6,11-12,17,28H,7-10,13-14H2,(H,25,29)/t17-/m0/s1. The fourth-order valence-corrected chi connectivity index (χ4v) is 3.64. The summed E-state index contributed by atoms with van der Waals surface area (Å²) in [7, 11) is 0. The number of pyridine rings is 1. The summed E-state index contributed by atoms with van der Waals surface area (Å²) in [6.45, 7) is 3.37. The quantitative estimate of drug-likeness (QED) is 0.647. The van der Waals surface area contributed by atoms with Gasteiger partial charge in [0.15, 0.2) is 11.6 Å². The van der Waals surface area contributed by atoms with Gasteiger partial charge in [0.05, 0.1) is 0 Å². The zero-order chi connectivity index (χ0) is 21.1. The molecule has 1 aromatic heterocycles. The number of fused-ring (bicyclic) bond motifs is 1. The molecule has 3 aromatic rings. The monoisotopic (exact) mass is 415 g/mol. The molecule has 6 nitrogen and oxygen atoms in total. The first-order valence-electron chi connectivity index (χ1n) is 9.84. The van der Waals surface area contributed by atoms with Crippen LogP contribution in [-0.4, -0.2) is 60.4 Å². The lowest BCUT2D eigenvalue weighted by Crippen LogP contribution is -2.49. The summed E-state index contributed by atoms with van der Waals surface area (Å²) in [6.07, 6.45) is -0.661. The van der Waals surface area contributed by atoms with Crippen LogP contribution in [0, 0.1) is 11.6 Å². The minimum Gasteiger partial charge on any atom is -0.491 e. The van der Waals surface area contributed by atoms with E-state index in [1.165, 1.54) is 12.1 Å². The molecule has 0 bridgehead atoms. The predicted octanol–water partition coefficient (Wildman–Crippen LogP) is 2.37. The van der Waals surface area contributed by atoms with E-state index in [1.807, 2.05) is 11.0 Å². The van der Waals surface area contributed by atoms with E-state index in [4.69, 9.17) is 4.74 Å². The summed E-state index contributed by atoms with van der Waals surface area (Å²) < 4.78 is 32.2. The van der Waals surface area contributed by atoms with Gasteiger partial charge in [0.2, 0.25) is 5.56 Å². The molecule has 4 rings (SSSR count). The summed E-state index contributed by atoms with van der Waals surface area (Å²) in [5, 5.41) is 11.2. The number of ether oxygens (including phenoxy) is 1. The largest absolute Gasteiger partial charge is 0.491 e. The van der Waals surface area contributed by atoms with Crippen molar-refractivity contribution in [2.24, 2.45) is 0 Å². The molecule has 2 N–H and O–H groups in total. The maximum atomic E-state index is 13.4. The molecule has 2 heterocycles. The highest BCUT2D eigenvalue weighted by atomic mass is 19.2. The maximum Gasteiger partial charge on any atom is 0.248 e. The van der Waals surface area contributed by atoms with E-state index in [0.29, 0.717) is 44.2 Å². The highest BCUT2D eigenvalue weighted by Gasteiger charge is 2.20. The van der Waals surface area contributed by atoms with Gasteiger partial charge in [-0.1, -0.05) is 0 Å². The molecule has 1 atom stereocenters. The van der Waals surface area contributed by atoms with E-state index in [-0.39, 0.29) is 12.2 Å². The number of aliphatic hydroxyl groups excluding tert-OH is 1. The summed E-state index contributed by atoms with van der Waals surface area (Å²) in [4.78, 5) is 18.2. The van der Waals surface area contributed by atoms with Crippen molar-refractivity contribution in [2.75, 3.05) is 44.2 Å². The molecular formula is C22H23F2N3O3. The molecule has 158 valence electrons. The van der Waals surface area contributed by atoms with Crippen molar-refractivity contribution in [2.45, 2.75) is 6.10 Å².